The average molecular weight is 356 g/mol. The van der Waals surface area contributed by atoms with Crippen LogP contribution in [0, 0.1) is 18.3 Å². The van der Waals surface area contributed by atoms with Crippen LogP contribution in [0.1, 0.15) is 48.0 Å². The molecule has 0 saturated heterocycles. The number of benzene rings is 1. The lowest BCUT2D eigenvalue weighted by atomic mass is 10.1. The van der Waals surface area contributed by atoms with Crippen LogP contribution in [0.4, 0.5) is 0 Å². The maximum absolute atomic E-state index is 12.3. The van der Waals surface area contributed by atoms with Crippen LogP contribution < -0.4 is 5.32 Å². The lowest BCUT2D eigenvalue weighted by Crippen LogP contribution is -2.28. The Balaban J connectivity index is 1.82. The van der Waals surface area contributed by atoms with Crippen molar-refractivity contribution >= 4 is 17.7 Å². The molecular formula is C19H24N4OS. The second-order valence-electron chi connectivity index (χ2n) is 6.80. The summed E-state index contributed by atoms with van der Waals surface area (Å²) in [4.78, 5) is 12.3. The van der Waals surface area contributed by atoms with Crippen LogP contribution in [0.25, 0.3) is 0 Å². The van der Waals surface area contributed by atoms with Crippen LogP contribution >= 0.6 is 11.8 Å². The summed E-state index contributed by atoms with van der Waals surface area (Å²) in [6.45, 7) is 8.68. The fourth-order valence-corrected chi connectivity index (χ4v) is 3.44. The van der Waals surface area contributed by atoms with E-state index in [4.69, 9.17) is 5.26 Å². The Hall–Kier alpha value is -2.26. The molecule has 6 heteroatoms. The zero-order valence-electron chi connectivity index (χ0n) is 15.2. The molecule has 0 aliphatic heterocycles. The molecule has 1 N–H and O–H groups in total. The van der Waals surface area contributed by atoms with Crippen molar-refractivity contribution in [3.8, 4) is 6.07 Å². The number of nitrogens with one attached hydrogen (secondary N) is 1. The molecule has 0 aliphatic carbocycles. The van der Waals surface area contributed by atoms with Crippen molar-refractivity contribution in [3.05, 3.63) is 52.8 Å². The third-order valence-corrected chi connectivity index (χ3v) is 4.83. The van der Waals surface area contributed by atoms with Gasteiger partial charge in [0.05, 0.1) is 28.9 Å². The van der Waals surface area contributed by atoms with E-state index in [9.17, 15) is 4.79 Å². The Morgan fingerprint density at radius 1 is 1.36 bits per heavy atom. The largest absolute Gasteiger partial charge is 0.351 e. The fourth-order valence-electron chi connectivity index (χ4n) is 2.58. The molecule has 0 unspecified atom stereocenters. The number of thioether (sulfide) groups is 1. The first-order valence-electron chi connectivity index (χ1n) is 8.23. The predicted molar refractivity (Wildman–Crippen MR) is 102 cm³/mol. The van der Waals surface area contributed by atoms with Crippen molar-refractivity contribution in [2.75, 3.05) is 12.3 Å². The molecular weight excluding hydrogens is 332 g/mol. The van der Waals surface area contributed by atoms with Crippen LogP contribution in [0.15, 0.2) is 30.5 Å². The molecule has 0 saturated carbocycles. The first-order valence-corrected chi connectivity index (χ1v) is 9.39. The SMILES string of the molecule is Cc1c(C(=O)NCCSCc2ccccc2C#N)cnn1C(C)(C)C. The van der Waals surface area contributed by atoms with Gasteiger partial charge in [0.1, 0.15) is 0 Å². The molecule has 0 bridgehead atoms. The van der Waals surface area contributed by atoms with E-state index in [2.05, 4.69) is 37.3 Å². The van der Waals surface area contributed by atoms with Gasteiger partial charge >= 0.3 is 0 Å². The summed E-state index contributed by atoms with van der Waals surface area (Å²) in [6, 6.07) is 9.80. The third kappa shape index (κ3) is 4.86. The number of nitriles is 1. The number of rotatable bonds is 6. The van der Waals surface area contributed by atoms with E-state index < -0.39 is 0 Å². The summed E-state index contributed by atoms with van der Waals surface area (Å²) < 4.78 is 1.87. The van der Waals surface area contributed by atoms with E-state index in [0.29, 0.717) is 17.7 Å². The number of aromatic nitrogens is 2. The molecule has 132 valence electrons. The van der Waals surface area contributed by atoms with E-state index in [1.165, 1.54) is 0 Å². The summed E-state index contributed by atoms with van der Waals surface area (Å²) in [7, 11) is 0. The molecule has 1 aromatic heterocycles. The summed E-state index contributed by atoms with van der Waals surface area (Å²) in [5.74, 6) is 1.46. The van der Waals surface area contributed by atoms with Gasteiger partial charge in [0.2, 0.25) is 0 Å². The molecule has 0 spiro atoms. The van der Waals surface area contributed by atoms with Crippen molar-refractivity contribution in [3.63, 3.8) is 0 Å². The van der Waals surface area contributed by atoms with Crippen LogP contribution in [-0.4, -0.2) is 28.0 Å². The maximum atomic E-state index is 12.3. The number of hydrogen-bond donors (Lipinski definition) is 1. The highest BCUT2D eigenvalue weighted by Crippen LogP contribution is 2.18. The number of amides is 1. The van der Waals surface area contributed by atoms with Crippen molar-refractivity contribution < 1.29 is 4.79 Å². The topological polar surface area (TPSA) is 70.7 Å². The summed E-state index contributed by atoms with van der Waals surface area (Å²) >= 11 is 1.70. The smallest absolute Gasteiger partial charge is 0.254 e. The molecule has 2 rings (SSSR count). The van der Waals surface area contributed by atoms with Crippen LogP contribution in [0.5, 0.6) is 0 Å². The third-order valence-electron chi connectivity index (χ3n) is 3.82. The van der Waals surface area contributed by atoms with Gasteiger partial charge in [0.25, 0.3) is 5.91 Å². The Labute approximate surface area is 153 Å². The van der Waals surface area contributed by atoms with Crippen molar-refractivity contribution in [1.29, 1.82) is 5.26 Å². The van der Waals surface area contributed by atoms with E-state index >= 15 is 0 Å². The highest BCUT2D eigenvalue weighted by Gasteiger charge is 2.21. The van der Waals surface area contributed by atoms with Crippen molar-refractivity contribution in [1.82, 2.24) is 15.1 Å². The molecule has 2 aromatic rings. The van der Waals surface area contributed by atoms with Crippen LogP contribution in [0.2, 0.25) is 0 Å². The normalized spacial score (nSPS) is 11.2. The highest BCUT2D eigenvalue weighted by molar-refractivity contribution is 7.98. The Morgan fingerprint density at radius 2 is 2.08 bits per heavy atom. The van der Waals surface area contributed by atoms with E-state index in [0.717, 1.165) is 22.8 Å². The average Bonchev–Trinajstić information content (AvgIpc) is 2.96. The number of nitrogens with zero attached hydrogens (tertiary/aromatic N) is 3. The van der Waals surface area contributed by atoms with E-state index in [1.807, 2.05) is 35.9 Å². The van der Waals surface area contributed by atoms with Gasteiger partial charge in [-0.15, -0.1) is 0 Å². The van der Waals surface area contributed by atoms with Crippen LogP contribution in [-0.2, 0) is 11.3 Å². The lowest BCUT2D eigenvalue weighted by Gasteiger charge is -2.21. The van der Waals surface area contributed by atoms with E-state index in [1.54, 1.807) is 18.0 Å². The van der Waals surface area contributed by atoms with Crippen LogP contribution in [0.3, 0.4) is 0 Å². The zero-order valence-corrected chi connectivity index (χ0v) is 16.0. The Bertz CT molecular complexity index is 783. The number of carbonyl (C=O) groups is 1. The van der Waals surface area contributed by atoms with Gasteiger partial charge in [0.15, 0.2) is 0 Å². The first-order chi connectivity index (χ1) is 11.8. The second kappa shape index (κ2) is 8.21. The molecule has 25 heavy (non-hydrogen) atoms. The highest BCUT2D eigenvalue weighted by atomic mass is 32.2. The molecule has 1 aromatic carbocycles. The van der Waals surface area contributed by atoms with Gasteiger partial charge in [-0.05, 0) is 39.3 Å². The van der Waals surface area contributed by atoms with Gasteiger partial charge in [-0.25, -0.2) is 0 Å². The fraction of sp³-hybridized carbons (Fsp3) is 0.421. The minimum Gasteiger partial charge on any atom is -0.351 e. The Morgan fingerprint density at radius 3 is 2.72 bits per heavy atom. The molecule has 0 radical (unpaired) electrons. The molecule has 5 nitrogen and oxygen atoms in total. The molecule has 0 fully saturated rings. The van der Waals surface area contributed by atoms with Gasteiger partial charge in [-0.3, -0.25) is 9.48 Å². The van der Waals surface area contributed by atoms with E-state index in [-0.39, 0.29) is 11.4 Å². The Kier molecular flexibility index (Phi) is 6.27. The minimum atomic E-state index is -0.146. The second-order valence-corrected chi connectivity index (χ2v) is 7.91. The number of hydrogen-bond acceptors (Lipinski definition) is 4. The zero-order chi connectivity index (χ0) is 18.4. The monoisotopic (exact) mass is 356 g/mol. The number of carbonyl (C=O) groups excluding carboxylic acids is 1. The summed E-state index contributed by atoms with van der Waals surface area (Å²) in [5.41, 5.74) is 3.09. The van der Waals surface area contributed by atoms with Crippen molar-refractivity contribution in [2.45, 2.75) is 39.0 Å². The van der Waals surface area contributed by atoms with Gasteiger partial charge in [-0.1, -0.05) is 18.2 Å². The maximum Gasteiger partial charge on any atom is 0.254 e. The lowest BCUT2D eigenvalue weighted by molar-refractivity contribution is 0.0955. The molecule has 1 heterocycles. The summed E-state index contributed by atoms with van der Waals surface area (Å²) in [6.07, 6.45) is 1.63. The molecule has 1 amide bonds. The molecule has 0 atom stereocenters. The minimum absolute atomic E-state index is 0.0916. The van der Waals surface area contributed by atoms with Gasteiger partial charge < -0.3 is 5.32 Å². The van der Waals surface area contributed by atoms with Crippen molar-refractivity contribution in [2.24, 2.45) is 0 Å². The van der Waals surface area contributed by atoms with Gasteiger partial charge in [-0.2, -0.15) is 22.1 Å². The summed E-state index contributed by atoms with van der Waals surface area (Å²) in [5, 5.41) is 16.4. The first kappa shape index (κ1) is 19.1. The quantitative estimate of drug-likeness (QED) is 0.805. The standard InChI is InChI=1S/C19H24N4OS/c1-14-17(12-22-23(14)19(2,3)4)18(24)21-9-10-25-13-16-8-6-5-7-15(16)11-20/h5-8,12H,9-10,13H2,1-4H3,(H,21,24). The van der Waals surface area contributed by atoms with Gasteiger partial charge in [0, 0.05) is 23.7 Å². The predicted octanol–water partition coefficient (Wildman–Crippen LogP) is 3.48. The molecule has 0 aliphatic rings.